The van der Waals surface area contributed by atoms with Crippen LogP contribution < -0.4 is 26.3 Å². The first-order valence-corrected chi connectivity index (χ1v) is 11.0. The summed E-state index contributed by atoms with van der Waals surface area (Å²) in [4.78, 5) is 9.97. The van der Waals surface area contributed by atoms with E-state index in [9.17, 15) is 0 Å². The van der Waals surface area contributed by atoms with Crippen LogP contribution >= 0.6 is 0 Å². The predicted molar refractivity (Wildman–Crippen MR) is 132 cm³/mol. The Bertz CT molecular complexity index is 1100. The van der Waals surface area contributed by atoms with Crippen LogP contribution in [0.1, 0.15) is 42.9 Å². The summed E-state index contributed by atoms with van der Waals surface area (Å²) >= 11 is 0. The second-order valence-electron chi connectivity index (χ2n) is 8.02. The van der Waals surface area contributed by atoms with Crippen LogP contribution in [0.2, 0.25) is 0 Å². The van der Waals surface area contributed by atoms with Crippen LogP contribution in [0.25, 0.3) is 0 Å². The second kappa shape index (κ2) is 10.5. The molecule has 7 heteroatoms. The monoisotopic (exact) mass is 430 g/mol. The predicted octanol–water partition coefficient (Wildman–Crippen LogP) is 5.08. The lowest BCUT2D eigenvalue weighted by atomic mass is 10.0. The van der Waals surface area contributed by atoms with Crippen LogP contribution in [-0.4, -0.2) is 18.6 Å². The molecule has 2 aromatic carbocycles. The van der Waals surface area contributed by atoms with Gasteiger partial charge in [0.2, 0.25) is 5.82 Å². The van der Waals surface area contributed by atoms with Gasteiger partial charge >= 0.3 is 5.95 Å². The van der Waals surface area contributed by atoms with E-state index >= 15 is 0 Å². The average Bonchev–Trinajstić information content (AvgIpc) is 2.80. The van der Waals surface area contributed by atoms with E-state index in [0.717, 1.165) is 46.8 Å². The lowest BCUT2D eigenvalue weighted by Gasteiger charge is -2.24. The Morgan fingerprint density at radius 3 is 2.56 bits per heavy atom. The number of nitrogens with one attached hydrogen (secondary N) is 3. The van der Waals surface area contributed by atoms with Crippen molar-refractivity contribution in [1.29, 1.82) is 5.26 Å². The zero-order valence-corrected chi connectivity index (χ0v) is 19.3. The number of nitrogens with two attached hydrogens (primary N) is 1. The minimum atomic E-state index is 0.593. The molecule has 1 aromatic heterocycles. The third-order valence-corrected chi connectivity index (χ3v) is 5.53. The molecule has 3 aromatic rings. The normalized spacial score (nSPS) is 10.5. The number of rotatable bonds is 9. The maximum atomic E-state index is 8.95. The van der Waals surface area contributed by atoms with Crippen LogP contribution in [0.3, 0.4) is 0 Å². The van der Waals surface area contributed by atoms with Gasteiger partial charge in [0.25, 0.3) is 0 Å². The lowest BCUT2D eigenvalue weighted by Crippen LogP contribution is -2.20. The highest BCUT2D eigenvalue weighted by Crippen LogP contribution is 2.35. The Kier molecular flexibility index (Phi) is 7.50. The molecule has 0 bridgehead atoms. The molecule has 0 spiro atoms. The van der Waals surface area contributed by atoms with Crippen molar-refractivity contribution in [3.63, 3.8) is 0 Å². The van der Waals surface area contributed by atoms with Crippen molar-refractivity contribution in [2.75, 3.05) is 34.9 Å². The topological polar surface area (TPSA) is 104 Å². The molecule has 32 heavy (non-hydrogen) atoms. The van der Waals surface area contributed by atoms with Crippen LogP contribution in [-0.2, 0) is 0 Å². The Labute approximate surface area is 190 Å². The number of nitrogens with zero attached hydrogens (tertiary/aromatic N) is 3. The highest BCUT2D eigenvalue weighted by atomic mass is 15.1. The summed E-state index contributed by atoms with van der Waals surface area (Å²) in [6.07, 6.45) is 5.40. The Balaban J connectivity index is 1.78. The maximum Gasteiger partial charge on any atom is 0.396 e. The summed E-state index contributed by atoms with van der Waals surface area (Å²) in [6, 6.07) is 13.4. The molecule has 3 rings (SSSR count). The van der Waals surface area contributed by atoms with Gasteiger partial charge in [0.1, 0.15) is 0 Å². The number of H-pyrrole nitrogens is 1. The molecule has 0 aliphatic heterocycles. The summed E-state index contributed by atoms with van der Waals surface area (Å²) in [6.45, 7) is 7.33. The molecule has 0 atom stereocenters. The van der Waals surface area contributed by atoms with Crippen LogP contribution in [0.5, 0.6) is 0 Å². The Hall–Kier alpha value is -3.79. The highest BCUT2D eigenvalue weighted by molar-refractivity contribution is 5.81. The van der Waals surface area contributed by atoms with Gasteiger partial charge in [-0.3, -0.25) is 0 Å². The van der Waals surface area contributed by atoms with E-state index in [1.54, 1.807) is 12.1 Å². The molecule has 0 saturated carbocycles. The van der Waals surface area contributed by atoms with Crippen LogP contribution in [0, 0.1) is 25.2 Å². The molecule has 0 unspecified atom stereocenters. The largest absolute Gasteiger partial charge is 0.397 e. The zero-order chi connectivity index (χ0) is 23.1. The van der Waals surface area contributed by atoms with E-state index in [2.05, 4.69) is 58.5 Å². The van der Waals surface area contributed by atoms with E-state index < -0.39 is 0 Å². The second-order valence-corrected chi connectivity index (χ2v) is 8.02. The van der Waals surface area contributed by atoms with E-state index in [0.29, 0.717) is 17.3 Å². The van der Waals surface area contributed by atoms with Crippen molar-refractivity contribution in [1.82, 2.24) is 4.98 Å². The van der Waals surface area contributed by atoms with Gasteiger partial charge in [-0.1, -0.05) is 24.7 Å². The fourth-order valence-electron chi connectivity index (χ4n) is 3.62. The van der Waals surface area contributed by atoms with Gasteiger partial charge in [0.05, 0.1) is 34.9 Å². The van der Waals surface area contributed by atoms with E-state index in [1.807, 2.05) is 31.3 Å². The molecule has 7 nitrogen and oxygen atoms in total. The molecule has 166 valence electrons. The first-order valence-electron chi connectivity index (χ1n) is 11.0. The van der Waals surface area contributed by atoms with Gasteiger partial charge in [-0.05, 0) is 61.7 Å². The van der Waals surface area contributed by atoms with Crippen LogP contribution in [0.15, 0.2) is 42.6 Å². The molecule has 0 amide bonds. The minimum absolute atomic E-state index is 0.593. The fraction of sp³-hybridized carbons (Fsp3) is 0.320. The zero-order valence-electron chi connectivity index (χ0n) is 19.3. The smallest absolute Gasteiger partial charge is 0.396 e. The van der Waals surface area contributed by atoms with Crippen molar-refractivity contribution in [2.45, 2.75) is 40.0 Å². The Morgan fingerprint density at radius 1 is 1.12 bits per heavy atom. The number of aryl methyl sites for hydroxylation is 1. The van der Waals surface area contributed by atoms with Crippen molar-refractivity contribution < 1.29 is 4.98 Å². The van der Waals surface area contributed by atoms with Gasteiger partial charge in [-0.25, -0.2) is 10.3 Å². The third-order valence-electron chi connectivity index (χ3n) is 5.53. The van der Waals surface area contributed by atoms with Crippen molar-refractivity contribution >= 4 is 34.5 Å². The van der Waals surface area contributed by atoms with Gasteiger partial charge < -0.3 is 16.0 Å². The van der Waals surface area contributed by atoms with Crippen molar-refractivity contribution in [3.05, 3.63) is 59.3 Å². The van der Waals surface area contributed by atoms with Gasteiger partial charge in [-0.2, -0.15) is 5.26 Å². The summed E-state index contributed by atoms with van der Waals surface area (Å²) in [7, 11) is 2.10. The van der Waals surface area contributed by atoms with E-state index in [-0.39, 0.29) is 0 Å². The van der Waals surface area contributed by atoms with Crippen molar-refractivity contribution in [2.24, 2.45) is 0 Å². The summed E-state index contributed by atoms with van der Waals surface area (Å²) < 4.78 is 0. The molecule has 5 N–H and O–H groups in total. The number of anilines is 6. The van der Waals surface area contributed by atoms with Crippen molar-refractivity contribution in [3.8, 4) is 6.07 Å². The first kappa shape index (κ1) is 22.9. The standard InChI is InChI=1S/C25H31N7/c1-5-6-7-14-32(4)21-15-17(2)24(18(3)23(21)27)30-22-12-13-28-25(31-22)29-20-10-8-19(16-26)9-11-20/h8-13,15H,5-7,14,27H2,1-4H3,(H2,28,29,30,31)/p+1. The molecule has 1 heterocycles. The van der Waals surface area contributed by atoms with Gasteiger partial charge in [0.15, 0.2) is 0 Å². The molecule has 0 fully saturated rings. The number of aromatic amines is 1. The number of nitriles is 1. The number of hydrogen-bond donors (Lipinski definition) is 3. The van der Waals surface area contributed by atoms with Gasteiger partial charge in [0, 0.05) is 25.3 Å². The SMILES string of the molecule is CCCCCN(C)c1cc(C)c(Nc2cc[nH+]c(Nc3ccc(C#N)cc3)n2)c(C)c1N. The summed E-state index contributed by atoms with van der Waals surface area (Å²) in [5.74, 6) is 1.30. The third kappa shape index (κ3) is 5.46. The minimum Gasteiger partial charge on any atom is -0.397 e. The molecule has 0 aliphatic carbocycles. The number of aromatic nitrogens is 2. The van der Waals surface area contributed by atoms with E-state index in [1.165, 1.54) is 12.8 Å². The van der Waals surface area contributed by atoms with Crippen LogP contribution in [0.4, 0.5) is 34.5 Å². The summed E-state index contributed by atoms with van der Waals surface area (Å²) in [5, 5.41) is 15.6. The maximum absolute atomic E-state index is 8.95. The number of unbranched alkanes of at least 4 members (excludes halogenated alkanes) is 2. The highest BCUT2D eigenvalue weighted by Gasteiger charge is 2.16. The molecular formula is C25H32N7+. The average molecular weight is 431 g/mol. The van der Waals surface area contributed by atoms with E-state index in [4.69, 9.17) is 11.0 Å². The number of nitrogen functional groups attached to an aromatic ring is 1. The molecule has 0 aliphatic rings. The Morgan fingerprint density at radius 2 is 1.88 bits per heavy atom. The number of hydrogen-bond acceptors (Lipinski definition) is 6. The quantitative estimate of drug-likeness (QED) is 0.323. The molecular weight excluding hydrogens is 398 g/mol. The fourth-order valence-corrected chi connectivity index (χ4v) is 3.62. The first-order chi connectivity index (χ1) is 15.4. The van der Waals surface area contributed by atoms with Gasteiger partial charge in [-0.15, -0.1) is 0 Å². The summed E-state index contributed by atoms with van der Waals surface area (Å²) in [5.41, 5.74) is 12.9. The number of benzene rings is 2. The molecule has 0 saturated heterocycles. The molecule has 0 radical (unpaired) electrons. The lowest BCUT2D eigenvalue weighted by molar-refractivity contribution is -0.364.